The van der Waals surface area contributed by atoms with Crippen LogP contribution in [0.5, 0.6) is 0 Å². The van der Waals surface area contributed by atoms with Crippen molar-refractivity contribution in [3.05, 3.63) is 102 Å². The standard InChI is InChI=1S/C24H21N3O2/c1-16-21(23(28)26-20-10-6-3-7-11-20)22(27-24(29)25-16)19-14-12-18(13-15-19)17-8-4-2-5-9-17/h2-15,22H,1H3,(H,26,28)(H2,25,27,29)/t22-/m1/s1. The van der Waals surface area contributed by atoms with Crippen LogP contribution in [0.1, 0.15) is 18.5 Å². The average molecular weight is 383 g/mol. The van der Waals surface area contributed by atoms with Gasteiger partial charge in [0.25, 0.3) is 5.91 Å². The summed E-state index contributed by atoms with van der Waals surface area (Å²) in [5.41, 5.74) is 4.76. The van der Waals surface area contributed by atoms with Gasteiger partial charge in [-0.05, 0) is 35.7 Å². The van der Waals surface area contributed by atoms with E-state index in [9.17, 15) is 9.59 Å². The number of amides is 3. The molecule has 3 aromatic rings. The zero-order chi connectivity index (χ0) is 20.2. The minimum atomic E-state index is -0.530. The van der Waals surface area contributed by atoms with Gasteiger partial charge in [0.05, 0.1) is 11.6 Å². The fourth-order valence-electron chi connectivity index (χ4n) is 3.46. The minimum absolute atomic E-state index is 0.252. The SMILES string of the molecule is CC1=C(C(=O)Nc2ccccc2)[C@@H](c2ccc(-c3ccccc3)cc2)NC(=O)N1. The third-order valence-corrected chi connectivity index (χ3v) is 4.90. The summed E-state index contributed by atoms with van der Waals surface area (Å²) in [4.78, 5) is 25.1. The minimum Gasteiger partial charge on any atom is -0.327 e. The zero-order valence-corrected chi connectivity index (χ0v) is 16.0. The van der Waals surface area contributed by atoms with E-state index in [1.54, 1.807) is 6.92 Å². The molecule has 29 heavy (non-hydrogen) atoms. The van der Waals surface area contributed by atoms with E-state index in [2.05, 4.69) is 16.0 Å². The summed E-state index contributed by atoms with van der Waals surface area (Å²) in [6.07, 6.45) is 0. The Kier molecular flexibility index (Phi) is 5.12. The molecule has 0 fully saturated rings. The van der Waals surface area contributed by atoms with Gasteiger partial charge in [0.15, 0.2) is 0 Å². The molecule has 0 aliphatic carbocycles. The number of carbonyl (C=O) groups is 2. The Morgan fingerprint density at radius 2 is 1.41 bits per heavy atom. The van der Waals surface area contributed by atoms with Crippen molar-refractivity contribution in [3.63, 3.8) is 0 Å². The normalized spacial score (nSPS) is 16.0. The van der Waals surface area contributed by atoms with E-state index < -0.39 is 6.04 Å². The molecule has 1 aliphatic heterocycles. The van der Waals surface area contributed by atoms with E-state index in [4.69, 9.17) is 0 Å². The van der Waals surface area contributed by atoms with Crippen molar-refractivity contribution in [2.75, 3.05) is 5.32 Å². The largest absolute Gasteiger partial charge is 0.327 e. The highest BCUT2D eigenvalue weighted by Crippen LogP contribution is 2.29. The molecule has 5 heteroatoms. The van der Waals surface area contributed by atoms with Crippen molar-refractivity contribution in [1.29, 1.82) is 0 Å². The highest BCUT2D eigenvalue weighted by molar-refractivity contribution is 6.06. The Morgan fingerprint density at radius 1 is 0.828 bits per heavy atom. The zero-order valence-electron chi connectivity index (χ0n) is 16.0. The Labute approximate surface area is 169 Å². The second-order valence-electron chi connectivity index (χ2n) is 6.88. The van der Waals surface area contributed by atoms with Crippen LogP contribution in [0.2, 0.25) is 0 Å². The van der Waals surface area contributed by atoms with Gasteiger partial charge in [0, 0.05) is 11.4 Å². The fraction of sp³-hybridized carbons (Fsp3) is 0.0833. The van der Waals surface area contributed by atoms with Crippen LogP contribution < -0.4 is 16.0 Å². The molecule has 3 aromatic carbocycles. The number of nitrogens with one attached hydrogen (secondary N) is 3. The second-order valence-corrected chi connectivity index (χ2v) is 6.88. The summed E-state index contributed by atoms with van der Waals surface area (Å²) < 4.78 is 0. The number of para-hydroxylation sites is 1. The van der Waals surface area contributed by atoms with Crippen molar-refractivity contribution >= 4 is 17.6 Å². The predicted octanol–water partition coefficient (Wildman–Crippen LogP) is 4.62. The maximum absolute atomic E-state index is 13.0. The summed E-state index contributed by atoms with van der Waals surface area (Å²) >= 11 is 0. The van der Waals surface area contributed by atoms with Gasteiger partial charge in [-0.2, -0.15) is 0 Å². The van der Waals surface area contributed by atoms with E-state index in [0.29, 0.717) is 17.0 Å². The van der Waals surface area contributed by atoms with Crippen molar-refractivity contribution in [1.82, 2.24) is 10.6 Å². The lowest BCUT2D eigenvalue weighted by atomic mass is 9.93. The van der Waals surface area contributed by atoms with Crippen LogP contribution in [0.15, 0.2) is 96.2 Å². The number of anilines is 1. The van der Waals surface area contributed by atoms with Gasteiger partial charge < -0.3 is 16.0 Å². The molecule has 0 bridgehead atoms. The van der Waals surface area contributed by atoms with Crippen molar-refractivity contribution < 1.29 is 9.59 Å². The van der Waals surface area contributed by atoms with E-state index in [1.165, 1.54) is 0 Å². The van der Waals surface area contributed by atoms with E-state index in [0.717, 1.165) is 16.7 Å². The topological polar surface area (TPSA) is 70.2 Å². The molecule has 5 nitrogen and oxygen atoms in total. The van der Waals surface area contributed by atoms with Crippen LogP contribution in [0.4, 0.5) is 10.5 Å². The lowest BCUT2D eigenvalue weighted by Gasteiger charge is -2.28. The Hall–Kier alpha value is -3.86. The van der Waals surface area contributed by atoms with Gasteiger partial charge in [-0.15, -0.1) is 0 Å². The van der Waals surface area contributed by atoms with Crippen LogP contribution >= 0.6 is 0 Å². The van der Waals surface area contributed by atoms with Gasteiger partial charge in [-0.1, -0.05) is 72.8 Å². The molecule has 4 rings (SSSR count). The van der Waals surface area contributed by atoms with E-state index >= 15 is 0 Å². The number of allylic oxidation sites excluding steroid dienone is 1. The van der Waals surface area contributed by atoms with Gasteiger partial charge >= 0.3 is 6.03 Å². The molecule has 0 spiro atoms. The Balaban J connectivity index is 1.64. The maximum atomic E-state index is 13.0. The number of rotatable bonds is 4. The van der Waals surface area contributed by atoms with Crippen LogP contribution in [0.3, 0.4) is 0 Å². The molecule has 0 saturated carbocycles. The number of urea groups is 1. The first-order chi connectivity index (χ1) is 14.1. The third-order valence-electron chi connectivity index (χ3n) is 4.90. The van der Waals surface area contributed by atoms with E-state index in [1.807, 2.05) is 84.9 Å². The van der Waals surface area contributed by atoms with E-state index in [-0.39, 0.29) is 11.9 Å². The van der Waals surface area contributed by atoms with Gasteiger partial charge in [-0.25, -0.2) is 4.79 Å². The van der Waals surface area contributed by atoms with Crippen molar-refractivity contribution in [2.45, 2.75) is 13.0 Å². The van der Waals surface area contributed by atoms with Gasteiger partial charge in [0.2, 0.25) is 0 Å². The van der Waals surface area contributed by atoms with Crippen LogP contribution in [0.25, 0.3) is 11.1 Å². The molecule has 1 atom stereocenters. The molecule has 0 radical (unpaired) electrons. The lowest BCUT2D eigenvalue weighted by molar-refractivity contribution is -0.113. The molecule has 0 aromatic heterocycles. The highest BCUT2D eigenvalue weighted by Gasteiger charge is 2.31. The van der Waals surface area contributed by atoms with Crippen molar-refractivity contribution in [3.8, 4) is 11.1 Å². The van der Waals surface area contributed by atoms with Gasteiger partial charge in [-0.3, -0.25) is 4.79 Å². The summed E-state index contributed by atoms with van der Waals surface area (Å²) in [7, 11) is 0. The van der Waals surface area contributed by atoms with Crippen LogP contribution in [0, 0.1) is 0 Å². The van der Waals surface area contributed by atoms with Crippen molar-refractivity contribution in [2.24, 2.45) is 0 Å². The monoisotopic (exact) mass is 383 g/mol. The smallest absolute Gasteiger partial charge is 0.319 e. The predicted molar refractivity (Wildman–Crippen MR) is 114 cm³/mol. The molecule has 144 valence electrons. The maximum Gasteiger partial charge on any atom is 0.319 e. The quantitative estimate of drug-likeness (QED) is 0.615. The molecule has 0 saturated heterocycles. The number of benzene rings is 3. The molecule has 0 unspecified atom stereocenters. The molecule has 1 aliphatic rings. The van der Waals surface area contributed by atoms with Crippen LogP contribution in [-0.4, -0.2) is 11.9 Å². The molecular formula is C24H21N3O2. The fourth-order valence-corrected chi connectivity index (χ4v) is 3.46. The number of hydrogen-bond donors (Lipinski definition) is 3. The molecule has 3 amide bonds. The van der Waals surface area contributed by atoms with Crippen LogP contribution in [-0.2, 0) is 4.79 Å². The summed E-state index contributed by atoms with van der Waals surface area (Å²) in [5, 5.41) is 8.48. The Bertz CT molecular complexity index is 1060. The molecular weight excluding hydrogens is 362 g/mol. The highest BCUT2D eigenvalue weighted by atomic mass is 16.2. The summed E-state index contributed by atoms with van der Waals surface area (Å²) in [6, 6.07) is 26.4. The van der Waals surface area contributed by atoms with Gasteiger partial charge in [0.1, 0.15) is 0 Å². The first-order valence-electron chi connectivity index (χ1n) is 9.42. The molecule has 3 N–H and O–H groups in total. The first-order valence-corrected chi connectivity index (χ1v) is 9.42. The number of hydrogen-bond acceptors (Lipinski definition) is 2. The molecule has 1 heterocycles. The Morgan fingerprint density at radius 3 is 2.07 bits per heavy atom. The lowest BCUT2D eigenvalue weighted by Crippen LogP contribution is -2.45. The summed E-state index contributed by atoms with van der Waals surface area (Å²) in [6.45, 7) is 1.74. The third kappa shape index (κ3) is 4.04. The summed E-state index contributed by atoms with van der Waals surface area (Å²) in [5.74, 6) is -0.252. The number of carbonyl (C=O) groups excluding carboxylic acids is 2. The first kappa shape index (κ1) is 18.5. The average Bonchev–Trinajstić information content (AvgIpc) is 2.74. The second kappa shape index (κ2) is 8.02.